The van der Waals surface area contributed by atoms with Gasteiger partial charge in [-0.2, -0.15) is 19.9 Å². The first-order chi connectivity index (χ1) is 63.1. The van der Waals surface area contributed by atoms with Crippen LogP contribution in [0.2, 0.25) is 0 Å². The van der Waals surface area contributed by atoms with Crippen molar-refractivity contribution in [1.29, 1.82) is 0 Å². The Kier molecular flexibility index (Phi) is 35.8. The summed E-state index contributed by atoms with van der Waals surface area (Å²) < 4.78 is 20.5. The summed E-state index contributed by atoms with van der Waals surface area (Å²) in [5.41, 5.74) is 12.8. The van der Waals surface area contributed by atoms with E-state index in [1.807, 2.05) is 243 Å². The summed E-state index contributed by atoms with van der Waals surface area (Å²) in [5, 5.41) is 17.2. The van der Waals surface area contributed by atoms with Gasteiger partial charge in [0.25, 0.3) is 0 Å². The van der Waals surface area contributed by atoms with Gasteiger partial charge in [0.1, 0.15) is 41.5 Å². The van der Waals surface area contributed by atoms with Crippen LogP contribution in [0, 0.1) is 12.3 Å². The molecule has 5 amide bonds. The second-order valence-corrected chi connectivity index (χ2v) is 34.1. The molecule has 0 atom stereocenters. The van der Waals surface area contributed by atoms with Crippen molar-refractivity contribution in [2.75, 3.05) is 16.0 Å². The first-order valence-corrected chi connectivity index (χ1v) is 43.6. The molecule has 0 aliphatic carbocycles. The number of benzene rings is 5. The molecule has 133 heavy (non-hydrogen) atoms. The van der Waals surface area contributed by atoms with Crippen LogP contribution in [0.5, 0.6) is 11.6 Å². The Balaban J connectivity index is 0.000000182. The van der Waals surface area contributed by atoms with Crippen molar-refractivity contribution < 1.29 is 33.4 Å². The van der Waals surface area contributed by atoms with E-state index in [-0.39, 0.29) is 109 Å². The van der Waals surface area contributed by atoms with Crippen LogP contribution < -0.4 is 52.8 Å². The number of urea groups is 2. The number of hydrogen-bond donors (Lipinski definition) is 6. The highest BCUT2D eigenvalue weighted by atomic mass is 16.5. The van der Waals surface area contributed by atoms with Crippen molar-refractivity contribution >= 4 is 98.9 Å². The number of nitrogens with zero attached hydrogens (tertiary/aromatic N) is 17. The average Bonchev–Trinajstić information content (AvgIpc) is 1.68. The molecule has 15 rings (SSSR count). The number of allylic oxidation sites excluding steroid dienone is 2. The quantitative estimate of drug-likeness (QED) is 0.0197. The molecule has 3 aliphatic heterocycles. The average molecular weight is 1800 g/mol. The van der Waals surface area contributed by atoms with Crippen LogP contribution in [0.15, 0.2) is 272 Å². The maximum absolute atomic E-state index is 12.6. The molecule has 694 valence electrons. The Hall–Kier alpha value is -15.6. The number of imidazole rings is 3. The maximum atomic E-state index is 12.6. The molecular weight excluding hydrogens is 1680 g/mol. The molecule has 5 aromatic carbocycles. The lowest BCUT2D eigenvalue weighted by atomic mass is 9.97. The Morgan fingerprint density at radius 1 is 0.504 bits per heavy atom. The van der Waals surface area contributed by atoms with Gasteiger partial charge in [-0.25, -0.2) is 49.1 Å². The maximum Gasteiger partial charge on any atom is 0.349 e. The molecule has 0 bridgehead atoms. The zero-order valence-electron chi connectivity index (χ0n) is 79.2. The SMILES string of the molecule is C=C(Nc1ccn(C(C)C)c(=O)n1)c1ccccc1.C=C(Nc1nc(=O)n(C(C)C)cc1C)c1ccccc1.C=C1C=CN(C(C)C)C(=O)N1.C=C1NC(=O)N(C(C)C)C=C1C.C=C1NC=Nc2c1ncn2C(C)C.CC(C)n1cnc2c(CC(=O)c3ccccc3)ncnc21.CC(C)n1cnc2c(OCc3ccc(OC(=O)C(C)(C)C)cc3)nc(NC(=O)Cc3ccccc3)nc21. The molecular formula is C101H121N23O9. The van der Waals surface area contributed by atoms with Gasteiger partial charge in [-0.05, 0) is 184 Å². The zero-order valence-corrected chi connectivity index (χ0v) is 79.2. The number of carbonyl (C=O) groups excluding carboxylic acids is 5. The largest absolute Gasteiger partial charge is 0.471 e. The monoisotopic (exact) mass is 1800 g/mol. The molecule has 6 N–H and O–H groups in total. The van der Waals surface area contributed by atoms with Crippen LogP contribution in [0.3, 0.4) is 0 Å². The van der Waals surface area contributed by atoms with Gasteiger partial charge in [0.05, 0.1) is 55.0 Å². The van der Waals surface area contributed by atoms with E-state index in [9.17, 15) is 33.6 Å². The normalized spacial score (nSPS) is 12.6. The summed E-state index contributed by atoms with van der Waals surface area (Å²) in [6, 6.07) is 48.1. The second-order valence-electron chi connectivity index (χ2n) is 34.1. The highest BCUT2D eigenvalue weighted by Gasteiger charge is 2.26. The smallest absolute Gasteiger partial charge is 0.349 e. The van der Waals surface area contributed by atoms with E-state index < -0.39 is 5.41 Å². The predicted molar refractivity (Wildman–Crippen MR) is 526 cm³/mol. The minimum Gasteiger partial charge on any atom is -0.471 e. The van der Waals surface area contributed by atoms with Crippen molar-refractivity contribution in [3.63, 3.8) is 0 Å². The molecule has 10 heterocycles. The number of nitrogens with one attached hydrogen (secondary N) is 6. The number of amides is 5. The number of aromatic nitrogens is 14. The van der Waals surface area contributed by atoms with E-state index in [1.54, 1.807) is 102 Å². The van der Waals surface area contributed by atoms with Crippen molar-refractivity contribution in [3.8, 4) is 11.6 Å². The first-order valence-electron chi connectivity index (χ1n) is 43.6. The number of hydrogen-bond acceptors (Lipinski definition) is 22. The minimum absolute atomic E-state index is 0.0368. The minimum atomic E-state index is -0.590. The topological polar surface area (TPSA) is 370 Å². The lowest BCUT2D eigenvalue weighted by molar-refractivity contribution is -0.143. The van der Waals surface area contributed by atoms with Gasteiger partial charge >= 0.3 is 29.4 Å². The summed E-state index contributed by atoms with van der Waals surface area (Å²) in [6.45, 7) is 56.6. The molecule has 0 saturated heterocycles. The zero-order chi connectivity index (χ0) is 97.1. The van der Waals surface area contributed by atoms with Crippen LogP contribution in [0.25, 0.3) is 39.4 Å². The number of Topliss-reactive ketones (excluding diaryl/α,β-unsaturated/α-hetero) is 1. The third kappa shape index (κ3) is 28.7. The Labute approximate surface area is 776 Å². The van der Waals surface area contributed by atoms with Crippen molar-refractivity contribution in [1.82, 2.24) is 93.4 Å². The molecule has 12 aromatic rings. The molecule has 32 heteroatoms. The summed E-state index contributed by atoms with van der Waals surface area (Å²) >= 11 is 0. The van der Waals surface area contributed by atoms with E-state index in [2.05, 4.69) is 142 Å². The van der Waals surface area contributed by atoms with Crippen molar-refractivity contribution in [3.05, 3.63) is 323 Å². The lowest BCUT2D eigenvalue weighted by Gasteiger charge is -2.28. The van der Waals surface area contributed by atoms with Gasteiger partial charge in [-0.3, -0.25) is 38.6 Å². The fourth-order valence-electron chi connectivity index (χ4n) is 12.6. The Morgan fingerprint density at radius 2 is 1.04 bits per heavy atom. The number of anilines is 3. The van der Waals surface area contributed by atoms with Gasteiger partial charge in [-0.15, -0.1) is 0 Å². The van der Waals surface area contributed by atoms with E-state index in [4.69, 9.17) is 9.47 Å². The number of ether oxygens (including phenoxy) is 2. The highest BCUT2D eigenvalue weighted by Crippen LogP contribution is 2.31. The van der Waals surface area contributed by atoms with E-state index in [1.165, 1.54) is 6.33 Å². The third-order valence-corrected chi connectivity index (χ3v) is 20.2. The van der Waals surface area contributed by atoms with Crippen LogP contribution in [0.4, 0.5) is 33.0 Å². The first kappa shape index (κ1) is 101. The summed E-state index contributed by atoms with van der Waals surface area (Å²) in [7, 11) is 0. The van der Waals surface area contributed by atoms with Gasteiger partial charge in [0.15, 0.2) is 28.4 Å². The predicted octanol–water partition coefficient (Wildman–Crippen LogP) is 19.1. The molecule has 0 saturated carbocycles. The number of fused-ring (bicyclic) bond motifs is 3. The van der Waals surface area contributed by atoms with Gasteiger partial charge in [0.2, 0.25) is 17.7 Å². The number of aliphatic imine (C=N–C) groups is 1. The van der Waals surface area contributed by atoms with Gasteiger partial charge < -0.3 is 49.8 Å². The van der Waals surface area contributed by atoms with Gasteiger partial charge in [0, 0.05) is 101 Å². The number of aryl methyl sites for hydroxylation is 1. The third-order valence-electron chi connectivity index (χ3n) is 20.2. The molecule has 3 aliphatic rings. The van der Waals surface area contributed by atoms with Crippen LogP contribution in [-0.4, -0.2) is 126 Å². The highest BCUT2D eigenvalue weighted by molar-refractivity contribution is 5.99. The summed E-state index contributed by atoms with van der Waals surface area (Å²) in [4.78, 5) is 129. The van der Waals surface area contributed by atoms with Gasteiger partial charge in [-0.1, -0.05) is 166 Å². The molecule has 0 radical (unpaired) electrons. The number of carbonyl (C=O) groups is 5. The number of rotatable bonds is 23. The fourth-order valence-corrected chi connectivity index (χ4v) is 12.6. The Morgan fingerprint density at radius 3 is 1.59 bits per heavy atom. The van der Waals surface area contributed by atoms with Crippen molar-refractivity contribution in [2.45, 2.75) is 193 Å². The standard InChI is InChI=1S/C28H31N5O4.C16H16N4O.C16H19N3O.C15H17N3O.C9H12N4.C9H14N2O.C8H12N2O/c1-18(2)33-17-29-23-24(33)31-27(30-22(34)15-19-9-7-6-8-10-19)32-25(23)36-16-20-11-13-21(14-12-20)37-26(35)28(3,4)5;1-11(2)20-10-19-15-13(17-9-18-16(15)20)8-14(21)12-6-4-3-5-7-12;1-11(2)19-10-12(3)15(18-16(19)20)17-13(4)14-8-6-5-7-9-14;1-11(2)18-10-9-14(17-15(18)19)16-12(3)13-7-5-4-6-8-13;1-6(2)13-5-12-8-7(3)10-4-11-9(8)13;1-6(2)11-5-7(3)8(4)10-9(11)12;1-6(2)10-5-4-7(3)9-8(10)11/h6-14,17-18H,15-16H2,1-5H3,(H,30,31,32,34);3-7,9-11H,8H2,1-2H3;5-11H,4H2,1-3H3,(H,17,18,20);4-11H,3H2,1-2H3,(H,16,17,19);4-6H,3H2,1-2H3,(H,10,11);5-6H,4H2,1-3H3,(H,10,12);4-6H,3H2,1-2H3,(H,9,11). The van der Waals surface area contributed by atoms with E-state index >= 15 is 0 Å². The molecule has 7 aromatic heterocycles. The molecule has 0 spiro atoms. The molecule has 32 nitrogen and oxygen atoms in total. The Bertz CT molecular complexity index is 6330. The van der Waals surface area contributed by atoms with E-state index in [0.29, 0.717) is 62.8 Å². The van der Waals surface area contributed by atoms with E-state index in [0.717, 1.165) is 67.6 Å². The number of esters is 1. The van der Waals surface area contributed by atoms with Crippen LogP contribution >= 0.6 is 0 Å². The number of ketones is 1. The van der Waals surface area contributed by atoms with Crippen LogP contribution in [0.1, 0.15) is 204 Å². The molecule has 0 unspecified atom stereocenters. The van der Waals surface area contributed by atoms with Crippen molar-refractivity contribution in [2.24, 2.45) is 10.4 Å². The second kappa shape index (κ2) is 47.1. The fraction of sp³-hybridized carbons (Fsp3) is 0.297. The molecule has 0 fully saturated rings. The summed E-state index contributed by atoms with van der Waals surface area (Å²) in [5.74, 6) is 2.34. The lowest BCUT2D eigenvalue weighted by Crippen LogP contribution is -2.43. The van der Waals surface area contributed by atoms with Crippen LogP contribution in [-0.2, 0) is 29.0 Å². The summed E-state index contributed by atoms with van der Waals surface area (Å²) in [6.07, 6.45) is 17.7.